The quantitative estimate of drug-likeness (QED) is 0.603. The van der Waals surface area contributed by atoms with Crippen molar-refractivity contribution in [2.45, 2.75) is 17.9 Å². The van der Waals surface area contributed by atoms with E-state index in [-0.39, 0.29) is 23.6 Å². The molecular formula is C23H19NO4S. The first-order chi connectivity index (χ1) is 14.0. The molecule has 1 aliphatic rings. The molecule has 4 rings (SSSR count). The number of hydrogen-bond donors (Lipinski definition) is 0. The average molecular weight is 405 g/mol. The van der Waals surface area contributed by atoms with Gasteiger partial charge in [-0.2, -0.15) is 0 Å². The molecule has 0 amide bonds. The average Bonchev–Trinajstić information content (AvgIpc) is 2.73. The van der Waals surface area contributed by atoms with E-state index >= 15 is 0 Å². The topological polar surface area (TPSA) is 63.7 Å². The first-order valence-electron chi connectivity index (χ1n) is 9.15. The van der Waals surface area contributed by atoms with Crippen LogP contribution in [0, 0.1) is 0 Å². The van der Waals surface area contributed by atoms with E-state index in [0.29, 0.717) is 5.56 Å². The van der Waals surface area contributed by atoms with Gasteiger partial charge in [-0.15, -0.1) is 0 Å². The van der Waals surface area contributed by atoms with Crippen LogP contribution in [0.3, 0.4) is 0 Å². The molecule has 1 aliphatic heterocycles. The number of rotatable bonds is 5. The highest BCUT2D eigenvalue weighted by molar-refractivity contribution is 7.89. The second kappa shape index (κ2) is 7.93. The zero-order chi connectivity index (χ0) is 20.3. The second-order valence-corrected chi connectivity index (χ2v) is 8.52. The Morgan fingerprint density at radius 2 is 1.38 bits per heavy atom. The van der Waals surface area contributed by atoms with Gasteiger partial charge in [-0.1, -0.05) is 72.8 Å². The van der Waals surface area contributed by atoms with Crippen molar-refractivity contribution in [3.63, 3.8) is 0 Å². The van der Waals surface area contributed by atoms with Crippen LogP contribution in [-0.4, -0.2) is 18.7 Å². The summed E-state index contributed by atoms with van der Waals surface area (Å²) in [6.07, 6.45) is 1.50. The standard InChI is InChI=1S/C23H19NO4S/c25-23(15-18-9-3-1-4-10-18)28-21-17-24(16-19-11-5-2-6-12-19)29(26,27)22-14-8-7-13-20(21)22/h1-14,17H,15-16H2. The Bertz CT molecular complexity index is 1160. The van der Waals surface area contributed by atoms with E-state index in [4.69, 9.17) is 4.74 Å². The lowest BCUT2D eigenvalue weighted by Gasteiger charge is -2.28. The molecule has 0 fully saturated rings. The molecule has 0 spiro atoms. The largest absolute Gasteiger partial charge is 0.424 e. The van der Waals surface area contributed by atoms with E-state index < -0.39 is 16.0 Å². The minimum atomic E-state index is -3.74. The third-order valence-electron chi connectivity index (χ3n) is 4.60. The van der Waals surface area contributed by atoms with Gasteiger partial charge in [-0.3, -0.25) is 9.10 Å². The fraction of sp³-hybridized carbons (Fsp3) is 0.0870. The molecule has 5 nitrogen and oxygen atoms in total. The summed E-state index contributed by atoms with van der Waals surface area (Å²) in [6.45, 7) is 0.150. The van der Waals surface area contributed by atoms with E-state index in [9.17, 15) is 13.2 Å². The highest BCUT2D eigenvalue weighted by Crippen LogP contribution is 2.34. The number of hydrogen-bond acceptors (Lipinski definition) is 4. The number of ether oxygens (including phenoxy) is 1. The third-order valence-corrected chi connectivity index (χ3v) is 6.36. The van der Waals surface area contributed by atoms with Crippen molar-refractivity contribution in [2.75, 3.05) is 0 Å². The molecule has 0 aromatic heterocycles. The van der Waals surface area contributed by atoms with Gasteiger partial charge in [0, 0.05) is 5.56 Å². The molecule has 0 unspecified atom stereocenters. The van der Waals surface area contributed by atoms with Gasteiger partial charge in [0.2, 0.25) is 0 Å². The number of nitrogens with zero attached hydrogens (tertiary/aromatic N) is 1. The lowest BCUT2D eigenvalue weighted by Crippen LogP contribution is -2.30. The van der Waals surface area contributed by atoms with Gasteiger partial charge in [0.1, 0.15) is 0 Å². The van der Waals surface area contributed by atoms with Gasteiger partial charge in [-0.05, 0) is 23.3 Å². The van der Waals surface area contributed by atoms with Crippen LogP contribution >= 0.6 is 0 Å². The fourth-order valence-electron chi connectivity index (χ4n) is 3.19. The lowest BCUT2D eigenvalue weighted by atomic mass is 10.1. The Labute approximate surface area is 169 Å². The van der Waals surface area contributed by atoms with Crippen LogP contribution < -0.4 is 0 Å². The van der Waals surface area contributed by atoms with Gasteiger partial charge in [-0.25, -0.2) is 8.42 Å². The monoisotopic (exact) mass is 405 g/mol. The molecule has 0 atom stereocenters. The van der Waals surface area contributed by atoms with Crippen LogP contribution in [0.25, 0.3) is 5.76 Å². The molecule has 0 radical (unpaired) electrons. The smallest absolute Gasteiger partial charge is 0.315 e. The van der Waals surface area contributed by atoms with Crippen molar-refractivity contribution >= 4 is 21.8 Å². The number of carbonyl (C=O) groups is 1. The molecule has 0 N–H and O–H groups in total. The molecule has 29 heavy (non-hydrogen) atoms. The molecule has 146 valence electrons. The molecule has 0 saturated heterocycles. The first kappa shape index (κ1) is 19.0. The van der Waals surface area contributed by atoms with Gasteiger partial charge in [0.15, 0.2) is 5.76 Å². The van der Waals surface area contributed by atoms with Crippen molar-refractivity contribution in [1.82, 2.24) is 4.31 Å². The lowest BCUT2D eigenvalue weighted by molar-refractivity contribution is -0.135. The zero-order valence-electron chi connectivity index (χ0n) is 15.6. The van der Waals surface area contributed by atoms with Gasteiger partial charge >= 0.3 is 5.97 Å². The minimum Gasteiger partial charge on any atom is -0.424 e. The molecule has 0 aliphatic carbocycles. The van der Waals surface area contributed by atoms with Crippen LogP contribution in [0.2, 0.25) is 0 Å². The number of fused-ring (bicyclic) bond motifs is 1. The van der Waals surface area contributed by atoms with E-state index in [1.165, 1.54) is 16.6 Å². The molecule has 1 heterocycles. The molecule has 0 saturated carbocycles. The Morgan fingerprint density at radius 3 is 2.07 bits per heavy atom. The summed E-state index contributed by atoms with van der Waals surface area (Å²) < 4.78 is 33.0. The summed E-state index contributed by atoms with van der Waals surface area (Å²) in [4.78, 5) is 12.6. The van der Waals surface area contributed by atoms with E-state index in [2.05, 4.69) is 0 Å². The number of sulfonamides is 1. The van der Waals surface area contributed by atoms with Crippen molar-refractivity contribution in [3.8, 4) is 0 Å². The second-order valence-electron chi connectivity index (χ2n) is 6.66. The molecule has 3 aromatic rings. The molecule has 3 aromatic carbocycles. The van der Waals surface area contributed by atoms with Crippen LogP contribution in [-0.2, 0) is 32.5 Å². The van der Waals surface area contributed by atoms with Crippen LogP contribution in [0.4, 0.5) is 0 Å². The molecule has 6 heteroatoms. The van der Waals surface area contributed by atoms with Crippen LogP contribution in [0.1, 0.15) is 16.7 Å². The van der Waals surface area contributed by atoms with Crippen molar-refractivity contribution in [2.24, 2.45) is 0 Å². The summed E-state index contributed by atoms with van der Waals surface area (Å²) in [6, 6.07) is 25.1. The number of carbonyl (C=O) groups excluding carboxylic acids is 1. The SMILES string of the molecule is O=C(Cc1ccccc1)OC1=CN(Cc2ccccc2)S(=O)(=O)c2ccccc21. The maximum absolute atomic E-state index is 13.1. The maximum atomic E-state index is 13.1. The predicted molar refractivity (Wildman–Crippen MR) is 110 cm³/mol. The normalized spacial score (nSPS) is 14.6. The highest BCUT2D eigenvalue weighted by Gasteiger charge is 2.32. The van der Waals surface area contributed by atoms with Crippen molar-refractivity contribution < 1.29 is 17.9 Å². The molecular weight excluding hydrogens is 386 g/mol. The Morgan fingerprint density at radius 1 is 0.793 bits per heavy atom. The van der Waals surface area contributed by atoms with Gasteiger partial charge in [0.25, 0.3) is 10.0 Å². The summed E-state index contributed by atoms with van der Waals surface area (Å²) >= 11 is 0. The maximum Gasteiger partial charge on any atom is 0.315 e. The summed E-state index contributed by atoms with van der Waals surface area (Å²) in [5.41, 5.74) is 2.05. The summed E-state index contributed by atoms with van der Waals surface area (Å²) in [5.74, 6) is -0.219. The van der Waals surface area contributed by atoms with E-state index in [0.717, 1.165) is 11.1 Å². The Balaban J connectivity index is 1.66. The number of esters is 1. The zero-order valence-corrected chi connectivity index (χ0v) is 16.4. The van der Waals surface area contributed by atoms with E-state index in [1.807, 2.05) is 60.7 Å². The first-order valence-corrected chi connectivity index (χ1v) is 10.6. The third kappa shape index (κ3) is 4.07. The van der Waals surface area contributed by atoms with Gasteiger partial charge < -0.3 is 4.74 Å². The summed E-state index contributed by atoms with van der Waals surface area (Å²) in [5, 5.41) is 0. The molecule has 0 bridgehead atoms. The number of benzene rings is 3. The predicted octanol–water partition coefficient (Wildman–Crippen LogP) is 3.98. The van der Waals surface area contributed by atoms with Gasteiger partial charge in [0.05, 0.1) is 24.1 Å². The summed E-state index contributed by atoms with van der Waals surface area (Å²) in [7, 11) is -3.74. The van der Waals surface area contributed by atoms with E-state index in [1.54, 1.807) is 18.2 Å². The van der Waals surface area contributed by atoms with Crippen molar-refractivity contribution in [1.29, 1.82) is 0 Å². The van der Waals surface area contributed by atoms with Crippen LogP contribution in [0.15, 0.2) is 96.0 Å². The Hall–Kier alpha value is -3.38. The van der Waals surface area contributed by atoms with Crippen LogP contribution in [0.5, 0.6) is 0 Å². The Kier molecular flexibility index (Phi) is 5.18. The minimum absolute atomic E-state index is 0.103. The fourth-order valence-corrected chi connectivity index (χ4v) is 4.69. The van der Waals surface area contributed by atoms with Crippen molar-refractivity contribution in [3.05, 3.63) is 108 Å². The highest BCUT2D eigenvalue weighted by atomic mass is 32.2.